The van der Waals surface area contributed by atoms with Gasteiger partial charge in [0.15, 0.2) is 0 Å². The number of carbonyl (C=O) groups is 2. The van der Waals surface area contributed by atoms with E-state index in [2.05, 4.69) is 10.3 Å². The van der Waals surface area contributed by atoms with Crippen molar-refractivity contribution in [3.05, 3.63) is 41.6 Å². The quantitative estimate of drug-likeness (QED) is 0.655. The molecule has 1 amide bonds. The maximum Gasteiger partial charge on any atom is 0.340 e. The molecule has 1 aromatic carbocycles. The highest BCUT2D eigenvalue weighted by atomic mass is 16.5. The fraction of sp³-hybridized carbons (Fsp3) is 0.250. The molecule has 0 unspecified atom stereocenters. The highest BCUT2D eigenvalue weighted by Gasteiger charge is 2.11. The number of hydrogen-bond acceptors (Lipinski definition) is 3. The Labute approximate surface area is 123 Å². The lowest BCUT2D eigenvalue weighted by Crippen LogP contribution is -2.20. The van der Waals surface area contributed by atoms with E-state index in [1.807, 2.05) is 30.4 Å². The van der Waals surface area contributed by atoms with Gasteiger partial charge in [-0.2, -0.15) is 0 Å². The molecule has 2 rings (SSSR count). The number of hydrogen-bond donors (Lipinski definition) is 2. The van der Waals surface area contributed by atoms with Crippen molar-refractivity contribution in [2.45, 2.75) is 13.3 Å². The molecule has 0 atom stereocenters. The van der Waals surface area contributed by atoms with E-state index in [1.165, 1.54) is 14.0 Å². The SMILES string of the molecule is COC(=O)c1c[nH]c2ccc(C=CCCNC(C)=O)cc12. The van der Waals surface area contributed by atoms with Gasteiger partial charge in [0.25, 0.3) is 0 Å². The first-order valence-corrected chi connectivity index (χ1v) is 6.72. The van der Waals surface area contributed by atoms with Crippen molar-refractivity contribution in [2.75, 3.05) is 13.7 Å². The van der Waals surface area contributed by atoms with Crippen LogP contribution in [-0.2, 0) is 9.53 Å². The van der Waals surface area contributed by atoms with E-state index in [9.17, 15) is 9.59 Å². The third-order valence-corrected chi connectivity index (χ3v) is 3.11. The van der Waals surface area contributed by atoms with Crippen molar-refractivity contribution in [1.82, 2.24) is 10.3 Å². The summed E-state index contributed by atoms with van der Waals surface area (Å²) in [6.45, 7) is 2.11. The van der Waals surface area contributed by atoms with Gasteiger partial charge in [-0.05, 0) is 24.1 Å². The third-order valence-electron chi connectivity index (χ3n) is 3.11. The second-order valence-corrected chi connectivity index (χ2v) is 4.67. The Morgan fingerprint density at radius 3 is 2.90 bits per heavy atom. The molecule has 0 bridgehead atoms. The summed E-state index contributed by atoms with van der Waals surface area (Å²) in [4.78, 5) is 25.5. The molecule has 0 radical (unpaired) electrons. The Kier molecular flexibility index (Phi) is 4.77. The summed E-state index contributed by atoms with van der Waals surface area (Å²) in [6.07, 6.45) is 6.37. The predicted octanol–water partition coefficient (Wildman–Crippen LogP) is 2.49. The van der Waals surface area contributed by atoms with Crippen molar-refractivity contribution in [1.29, 1.82) is 0 Å². The van der Waals surface area contributed by atoms with Gasteiger partial charge in [0.2, 0.25) is 5.91 Å². The molecule has 0 aliphatic carbocycles. The second kappa shape index (κ2) is 6.74. The van der Waals surface area contributed by atoms with Gasteiger partial charge in [-0.15, -0.1) is 0 Å². The van der Waals surface area contributed by atoms with Gasteiger partial charge in [0, 0.05) is 30.6 Å². The van der Waals surface area contributed by atoms with Crippen LogP contribution >= 0.6 is 0 Å². The van der Waals surface area contributed by atoms with E-state index < -0.39 is 0 Å². The lowest BCUT2D eigenvalue weighted by atomic mass is 10.1. The Morgan fingerprint density at radius 1 is 1.38 bits per heavy atom. The van der Waals surface area contributed by atoms with Gasteiger partial charge in [-0.25, -0.2) is 4.79 Å². The molecule has 0 aliphatic heterocycles. The number of methoxy groups -OCH3 is 1. The fourth-order valence-electron chi connectivity index (χ4n) is 2.07. The summed E-state index contributed by atoms with van der Waals surface area (Å²) < 4.78 is 4.76. The van der Waals surface area contributed by atoms with Gasteiger partial charge >= 0.3 is 5.97 Å². The molecule has 0 saturated heterocycles. The summed E-state index contributed by atoms with van der Waals surface area (Å²) in [5.74, 6) is -0.382. The number of fused-ring (bicyclic) bond motifs is 1. The van der Waals surface area contributed by atoms with Gasteiger partial charge < -0.3 is 15.0 Å². The molecule has 0 saturated carbocycles. The normalized spacial score (nSPS) is 11.0. The van der Waals surface area contributed by atoms with Crippen molar-refractivity contribution in [3.63, 3.8) is 0 Å². The van der Waals surface area contributed by atoms with E-state index in [0.29, 0.717) is 12.1 Å². The van der Waals surface area contributed by atoms with Crippen molar-refractivity contribution < 1.29 is 14.3 Å². The minimum atomic E-state index is -0.354. The second-order valence-electron chi connectivity index (χ2n) is 4.67. The Bertz CT molecular complexity index is 686. The van der Waals surface area contributed by atoms with Crippen LogP contribution < -0.4 is 5.32 Å². The van der Waals surface area contributed by atoms with E-state index in [4.69, 9.17) is 4.74 Å². The fourth-order valence-corrected chi connectivity index (χ4v) is 2.07. The van der Waals surface area contributed by atoms with Crippen molar-refractivity contribution in [2.24, 2.45) is 0 Å². The minimum Gasteiger partial charge on any atom is -0.465 e. The predicted molar refractivity (Wildman–Crippen MR) is 82.0 cm³/mol. The zero-order valence-corrected chi connectivity index (χ0v) is 12.1. The number of benzene rings is 1. The van der Waals surface area contributed by atoms with Gasteiger partial charge in [0.1, 0.15) is 0 Å². The number of H-pyrrole nitrogens is 1. The molecule has 1 heterocycles. The number of esters is 1. The maximum absolute atomic E-state index is 11.7. The molecule has 110 valence electrons. The highest BCUT2D eigenvalue weighted by Crippen LogP contribution is 2.21. The zero-order chi connectivity index (χ0) is 15.2. The van der Waals surface area contributed by atoms with Crippen LogP contribution in [0.4, 0.5) is 0 Å². The molecule has 0 aliphatic rings. The first kappa shape index (κ1) is 14.8. The van der Waals surface area contributed by atoms with Gasteiger partial charge in [-0.3, -0.25) is 4.79 Å². The molecular weight excluding hydrogens is 268 g/mol. The van der Waals surface area contributed by atoms with Crippen LogP contribution in [0.5, 0.6) is 0 Å². The molecule has 0 fully saturated rings. The number of aromatic amines is 1. The standard InChI is InChI=1S/C16H18N2O3/c1-11(19)17-8-4-3-5-12-6-7-15-13(9-12)14(10-18-15)16(20)21-2/h3,5-7,9-10,18H,4,8H2,1-2H3,(H,17,19). The topological polar surface area (TPSA) is 71.2 Å². The Balaban J connectivity index is 2.12. The van der Waals surface area contributed by atoms with E-state index in [0.717, 1.165) is 22.9 Å². The lowest BCUT2D eigenvalue weighted by Gasteiger charge is -1.99. The van der Waals surface area contributed by atoms with Crippen molar-refractivity contribution in [3.8, 4) is 0 Å². The van der Waals surface area contributed by atoms with Crippen LogP contribution in [0.25, 0.3) is 17.0 Å². The summed E-state index contributed by atoms with van der Waals surface area (Å²) in [7, 11) is 1.37. The zero-order valence-electron chi connectivity index (χ0n) is 12.1. The number of aromatic nitrogens is 1. The average Bonchev–Trinajstić information content (AvgIpc) is 2.89. The molecule has 2 aromatic rings. The maximum atomic E-state index is 11.7. The average molecular weight is 286 g/mol. The Morgan fingerprint density at radius 2 is 2.19 bits per heavy atom. The first-order valence-electron chi connectivity index (χ1n) is 6.72. The number of amides is 1. The Hall–Kier alpha value is -2.56. The summed E-state index contributed by atoms with van der Waals surface area (Å²) >= 11 is 0. The molecule has 1 aromatic heterocycles. The smallest absolute Gasteiger partial charge is 0.340 e. The van der Waals surface area contributed by atoms with Crippen molar-refractivity contribution >= 4 is 28.9 Å². The summed E-state index contributed by atoms with van der Waals surface area (Å²) in [5.41, 5.74) is 2.42. The number of carbonyl (C=O) groups excluding carboxylic acids is 2. The first-order chi connectivity index (χ1) is 10.1. The highest BCUT2D eigenvalue weighted by molar-refractivity contribution is 6.04. The van der Waals surface area contributed by atoms with Crippen LogP contribution in [0.1, 0.15) is 29.3 Å². The molecule has 0 spiro atoms. The third kappa shape index (κ3) is 3.72. The van der Waals surface area contributed by atoms with E-state index in [1.54, 1.807) is 6.20 Å². The van der Waals surface area contributed by atoms with Crippen LogP contribution in [0, 0.1) is 0 Å². The largest absolute Gasteiger partial charge is 0.465 e. The molecule has 5 nitrogen and oxygen atoms in total. The van der Waals surface area contributed by atoms with Crippen LogP contribution in [-0.4, -0.2) is 30.5 Å². The molecular formula is C16H18N2O3. The van der Waals surface area contributed by atoms with Gasteiger partial charge in [0.05, 0.1) is 12.7 Å². The number of ether oxygens (including phenoxy) is 1. The minimum absolute atomic E-state index is 0.0279. The molecule has 5 heteroatoms. The molecule has 21 heavy (non-hydrogen) atoms. The molecule has 2 N–H and O–H groups in total. The van der Waals surface area contributed by atoms with Gasteiger partial charge in [-0.1, -0.05) is 18.2 Å². The van der Waals surface area contributed by atoms with E-state index in [-0.39, 0.29) is 11.9 Å². The number of nitrogens with one attached hydrogen (secondary N) is 2. The van der Waals surface area contributed by atoms with Crippen LogP contribution in [0.2, 0.25) is 0 Å². The van der Waals surface area contributed by atoms with E-state index >= 15 is 0 Å². The summed E-state index contributed by atoms with van der Waals surface area (Å²) in [6, 6.07) is 5.83. The monoisotopic (exact) mass is 286 g/mol. The number of rotatable bonds is 5. The van der Waals surface area contributed by atoms with Crippen LogP contribution in [0.3, 0.4) is 0 Å². The lowest BCUT2D eigenvalue weighted by molar-refractivity contribution is -0.118. The van der Waals surface area contributed by atoms with Crippen LogP contribution in [0.15, 0.2) is 30.5 Å². The summed E-state index contributed by atoms with van der Waals surface area (Å²) in [5, 5.41) is 3.57.